The minimum absolute atomic E-state index is 0.124. The van der Waals surface area contributed by atoms with Crippen molar-refractivity contribution < 1.29 is 9.21 Å². The van der Waals surface area contributed by atoms with Crippen molar-refractivity contribution in [2.24, 2.45) is 0 Å². The molecule has 1 N–H and O–H groups in total. The molecular formula is C21H15ClN2O2. The number of fused-ring (bicyclic) bond motifs is 1. The number of hydrogen-bond acceptors (Lipinski definition) is 3. The van der Waals surface area contributed by atoms with Crippen molar-refractivity contribution in [3.05, 3.63) is 89.3 Å². The summed E-state index contributed by atoms with van der Waals surface area (Å²) in [5, 5.41) is 4.54. The maximum absolute atomic E-state index is 12.3. The molecule has 0 bridgehead atoms. The molecule has 0 radical (unpaired) electrons. The van der Waals surface area contributed by atoms with Crippen molar-refractivity contribution in [2.75, 3.05) is 0 Å². The average molecular weight is 363 g/mol. The van der Waals surface area contributed by atoms with E-state index < -0.39 is 0 Å². The van der Waals surface area contributed by atoms with Gasteiger partial charge in [-0.05, 0) is 42.0 Å². The molecule has 0 unspecified atom stereocenters. The Morgan fingerprint density at radius 3 is 2.54 bits per heavy atom. The van der Waals surface area contributed by atoms with Crippen LogP contribution in [0.3, 0.4) is 0 Å². The molecule has 0 spiro atoms. The summed E-state index contributed by atoms with van der Waals surface area (Å²) in [5.74, 6) is -0.124. The first kappa shape index (κ1) is 16.4. The third-order valence-electron chi connectivity index (χ3n) is 4.17. The van der Waals surface area contributed by atoms with E-state index in [1.54, 1.807) is 36.7 Å². The minimum Gasteiger partial charge on any atom is -0.464 e. The SMILES string of the molecule is O=C(NCc1ccc(Cl)cc1)c1ccc(-c2nccc3occc23)cc1. The molecule has 2 heterocycles. The Kier molecular flexibility index (Phi) is 4.42. The molecule has 26 heavy (non-hydrogen) atoms. The predicted molar refractivity (Wildman–Crippen MR) is 102 cm³/mol. The smallest absolute Gasteiger partial charge is 0.251 e. The minimum atomic E-state index is -0.124. The second-order valence-electron chi connectivity index (χ2n) is 5.88. The summed E-state index contributed by atoms with van der Waals surface area (Å²) in [6.45, 7) is 0.452. The Hall–Kier alpha value is -3.11. The van der Waals surface area contributed by atoms with Crippen molar-refractivity contribution in [2.45, 2.75) is 6.54 Å². The van der Waals surface area contributed by atoms with Gasteiger partial charge in [-0.15, -0.1) is 0 Å². The number of nitrogens with zero attached hydrogens (tertiary/aromatic N) is 1. The molecule has 0 saturated heterocycles. The molecule has 0 saturated carbocycles. The number of amides is 1. The number of carbonyl (C=O) groups is 1. The summed E-state index contributed by atoms with van der Waals surface area (Å²) in [5.41, 5.74) is 4.16. The first-order valence-electron chi connectivity index (χ1n) is 8.16. The van der Waals surface area contributed by atoms with Crippen LogP contribution in [-0.4, -0.2) is 10.9 Å². The molecule has 0 aliphatic heterocycles. The molecule has 0 aliphatic rings. The molecule has 5 heteroatoms. The lowest BCUT2D eigenvalue weighted by Crippen LogP contribution is -2.22. The van der Waals surface area contributed by atoms with Gasteiger partial charge in [0.2, 0.25) is 0 Å². The van der Waals surface area contributed by atoms with Crippen LogP contribution >= 0.6 is 11.6 Å². The molecule has 4 rings (SSSR count). The molecule has 1 amide bonds. The quantitative estimate of drug-likeness (QED) is 0.551. The van der Waals surface area contributed by atoms with Crippen LogP contribution in [0.5, 0.6) is 0 Å². The van der Waals surface area contributed by atoms with E-state index in [9.17, 15) is 4.79 Å². The van der Waals surface area contributed by atoms with Gasteiger partial charge in [0, 0.05) is 34.3 Å². The fourth-order valence-electron chi connectivity index (χ4n) is 2.79. The van der Waals surface area contributed by atoms with Crippen LogP contribution in [0.25, 0.3) is 22.2 Å². The summed E-state index contributed by atoms with van der Waals surface area (Å²) in [4.78, 5) is 16.8. The maximum atomic E-state index is 12.3. The Morgan fingerprint density at radius 1 is 1.00 bits per heavy atom. The number of rotatable bonds is 4. The van der Waals surface area contributed by atoms with E-state index in [2.05, 4.69) is 10.3 Å². The van der Waals surface area contributed by atoms with Gasteiger partial charge in [-0.1, -0.05) is 35.9 Å². The monoisotopic (exact) mass is 362 g/mol. The van der Waals surface area contributed by atoms with E-state index in [4.69, 9.17) is 16.0 Å². The third-order valence-corrected chi connectivity index (χ3v) is 4.42. The van der Waals surface area contributed by atoms with Gasteiger partial charge in [0.25, 0.3) is 5.91 Å². The van der Waals surface area contributed by atoms with Gasteiger partial charge in [-0.3, -0.25) is 9.78 Å². The molecule has 2 aromatic carbocycles. The summed E-state index contributed by atoms with van der Waals surface area (Å²) in [6.07, 6.45) is 3.36. The molecular weight excluding hydrogens is 348 g/mol. The zero-order valence-electron chi connectivity index (χ0n) is 13.8. The van der Waals surface area contributed by atoms with Crippen LogP contribution in [-0.2, 0) is 6.54 Å². The molecule has 0 aliphatic carbocycles. The second kappa shape index (κ2) is 7.02. The number of benzene rings is 2. The van der Waals surface area contributed by atoms with Gasteiger partial charge < -0.3 is 9.73 Å². The lowest BCUT2D eigenvalue weighted by molar-refractivity contribution is 0.0951. The van der Waals surface area contributed by atoms with Gasteiger partial charge in [0.05, 0.1) is 12.0 Å². The molecule has 2 aromatic heterocycles. The molecule has 0 fully saturated rings. The highest BCUT2D eigenvalue weighted by atomic mass is 35.5. The van der Waals surface area contributed by atoms with Gasteiger partial charge in [-0.25, -0.2) is 0 Å². The average Bonchev–Trinajstić information content (AvgIpc) is 3.16. The highest BCUT2D eigenvalue weighted by molar-refractivity contribution is 6.30. The first-order chi connectivity index (χ1) is 12.7. The number of nitrogens with one attached hydrogen (secondary N) is 1. The number of halogens is 1. The van der Waals surface area contributed by atoms with Crippen molar-refractivity contribution in [1.29, 1.82) is 0 Å². The van der Waals surface area contributed by atoms with Crippen LogP contribution in [0.2, 0.25) is 5.02 Å². The van der Waals surface area contributed by atoms with Crippen LogP contribution in [0.1, 0.15) is 15.9 Å². The summed E-state index contributed by atoms with van der Waals surface area (Å²) in [6, 6.07) is 18.5. The highest BCUT2D eigenvalue weighted by Gasteiger charge is 2.09. The second-order valence-corrected chi connectivity index (χ2v) is 6.31. The fraction of sp³-hybridized carbons (Fsp3) is 0.0476. The highest BCUT2D eigenvalue weighted by Crippen LogP contribution is 2.27. The van der Waals surface area contributed by atoms with E-state index in [-0.39, 0.29) is 5.91 Å². The Bertz CT molecular complexity index is 1050. The normalized spacial score (nSPS) is 10.8. The Labute approximate surface area is 155 Å². The van der Waals surface area contributed by atoms with Crippen LogP contribution < -0.4 is 5.32 Å². The number of hydrogen-bond donors (Lipinski definition) is 1. The number of aromatic nitrogens is 1. The molecule has 4 aromatic rings. The van der Waals surface area contributed by atoms with Crippen molar-refractivity contribution in [3.8, 4) is 11.3 Å². The summed E-state index contributed by atoms with van der Waals surface area (Å²) >= 11 is 5.87. The summed E-state index contributed by atoms with van der Waals surface area (Å²) in [7, 11) is 0. The number of carbonyl (C=O) groups excluding carboxylic acids is 1. The molecule has 4 nitrogen and oxygen atoms in total. The molecule has 0 atom stereocenters. The third kappa shape index (κ3) is 3.32. The van der Waals surface area contributed by atoms with Crippen LogP contribution in [0.4, 0.5) is 0 Å². The van der Waals surface area contributed by atoms with E-state index in [0.717, 1.165) is 27.8 Å². The number of pyridine rings is 1. The van der Waals surface area contributed by atoms with Crippen molar-refractivity contribution in [1.82, 2.24) is 10.3 Å². The van der Waals surface area contributed by atoms with Gasteiger partial charge in [0.1, 0.15) is 5.58 Å². The topological polar surface area (TPSA) is 55.1 Å². The van der Waals surface area contributed by atoms with E-state index in [1.165, 1.54) is 0 Å². The Balaban J connectivity index is 1.49. The van der Waals surface area contributed by atoms with Crippen molar-refractivity contribution in [3.63, 3.8) is 0 Å². The van der Waals surface area contributed by atoms with E-state index in [0.29, 0.717) is 17.1 Å². The first-order valence-corrected chi connectivity index (χ1v) is 8.54. The van der Waals surface area contributed by atoms with Gasteiger partial charge in [0.15, 0.2) is 0 Å². The largest absolute Gasteiger partial charge is 0.464 e. The standard InChI is InChI=1S/C21H15ClN2O2/c22-17-7-1-14(2-8-17)13-24-21(25)16-5-3-15(4-6-16)20-18-10-12-26-19(18)9-11-23-20/h1-12H,13H2,(H,24,25). The predicted octanol–water partition coefficient (Wildman–Crippen LogP) is 5.08. The number of furan rings is 1. The lowest BCUT2D eigenvalue weighted by atomic mass is 10.1. The lowest BCUT2D eigenvalue weighted by Gasteiger charge is -2.07. The van der Waals surface area contributed by atoms with Crippen LogP contribution in [0, 0.1) is 0 Å². The van der Waals surface area contributed by atoms with Crippen LogP contribution in [0.15, 0.2) is 77.5 Å². The Morgan fingerprint density at radius 2 is 1.77 bits per heavy atom. The van der Waals surface area contributed by atoms with Gasteiger partial charge >= 0.3 is 0 Å². The molecule has 128 valence electrons. The van der Waals surface area contributed by atoms with E-state index >= 15 is 0 Å². The maximum Gasteiger partial charge on any atom is 0.251 e. The zero-order chi connectivity index (χ0) is 17.9. The van der Waals surface area contributed by atoms with Crippen molar-refractivity contribution >= 4 is 28.5 Å². The van der Waals surface area contributed by atoms with E-state index in [1.807, 2.05) is 36.4 Å². The summed E-state index contributed by atoms with van der Waals surface area (Å²) < 4.78 is 5.41. The van der Waals surface area contributed by atoms with Gasteiger partial charge in [-0.2, -0.15) is 0 Å². The zero-order valence-corrected chi connectivity index (χ0v) is 14.5. The fourth-order valence-corrected chi connectivity index (χ4v) is 2.92.